The summed E-state index contributed by atoms with van der Waals surface area (Å²) in [6.07, 6.45) is 3.25. The summed E-state index contributed by atoms with van der Waals surface area (Å²) in [4.78, 5) is 3.90. The molecule has 4 heteroatoms. The van der Waals surface area contributed by atoms with E-state index in [1.165, 1.54) is 0 Å². The highest BCUT2D eigenvalue weighted by molar-refractivity contribution is 5.71. The number of phenolic OH excluding ortho intramolecular Hbond substituents is 1. The Hall–Kier alpha value is -2.23. The molecule has 1 aromatic carbocycles. The minimum atomic E-state index is 0.239. The number of pyridine rings is 1. The van der Waals surface area contributed by atoms with Gasteiger partial charge in [-0.2, -0.15) is 0 Å². The van der Waals surface area contributed by atoms with Gasteiger partial charge < -0.3 is 16.2 Å². The first-order chi connectivity index (χ1) is 7.25. The molecule has 0 saturated heterocycles. The molecular formula is C11H11N3O. The molecule has 0 aliphatic rings. The average molecular weight is 201 g/mol. The molecule has 15 heavy (non-hydrogen) atoms. The molecule has 1 heterocycles. The van der Waals surface area contributed by atoms with E-state index in [0.717, 1.165) is 11.4 Å². The Balaban J connectivity index is 2.22. The predicted octanol–water partition coefficient (Wildman–Crippen LogP) is 2.11. The van der Waals surface area contributed by atoms with Gasteiger partial charge in [-0.25, -0.2) is 0 Å². The number of nitrogens with zero attached hydrogens (tertiary/aromatic N) is 1. The van der Waals surface area contributed by atoms with Crippen LogP contribution < -0.4 is 11.1 Å². The molecule has 0 atom stereocenters. The SMILES string of the molecule is Nc1cnccc1Nc1ccc(O)cc1. The van der Waals surface area contributed by atoms with E-state index in [2.05, 4.69) is 10.3 Å². The first-order valence-corrected chi connectivity index (χ1v) is 4.51. The normalized spacial score (nSPS) is 9.87. The number of nitrogens with one attached hydrogen (secondary N) is 1. The van der Waals surface area contributed by atoms with Crippen molar-refractivity contribution >= 4 is 17.1 Å². The van der Waals surface area contributed by atoms with Crippen LogP contribution in [0.2, 0.25) is 0 Å². The number of nitrogens with two attached hydrogens (primary N) is 1. The molecule has 0 spiro atoms. The topological polar surface area (TPSA) is 71.2 Å². The van der Waals surface area contributed by atoms with Crippen LogP contribution in [0.25, 0.3) is 0 Å². The number of anilines is 3. The quantitative estimate of drug-likeness (QED) is 0.651. The summed E-state index contributed by atoms with van der Waals surface area (Å²) >= 11 is 0. The van der Waals surface area contributed by atoms with Gasteiger partial charge in [-0.1, -0.05) is 0 Å². The Morgan fingerprint density at radius 1 is 1.13 bits per heavy atom. The number of aromatic nitrogens is 1. The fourth-order valence-corrected chi connectivity index (χ4v) is 1.22. The van der Waals surface area contributed by atoms with Crippen molar-refractivity contribution in [3.8, 4) is 5.75 Å². The van der Waals surface area contributed by atoms with Gasteiger partial charge in [-0.3, -0.25) is 4.98 Å². The zero-order valence-corrected chi connectivity index (χ0v) is 8.01. The number of aromatic hydroxyl groups is 1. The minimum absolute atomic E-state index is 0.239. The highest BCUT2D eigenvalue weighted by Gasteiger charge is 1.98. The Morgan fingerprint density at radius 2 is 1.87 bits per heavy atom. The number of hydrogen-bond acceptors (Lipinski definition) is 4. The molecule has 4 N–H and O–H groups in total. The van der Waals surface area contributed by atoms with Gasteiger partial charge in [0.05, 0.1) is 17.6 Å². The van der Waals surface area contributed by atoms with E-state index in [1.807, 2.05) is 0 Å². The second-order valence-electron chi connectivity index (χ2n) is 3.13. The second-order valence-corrected chi connectivity index (χ2v) is 3.13. The monoisotopic (exact) mass is 201 g/mol. The van der Waals surface area contributed by atoms with E-state index < -0.39 is 0 Å². The number of benzene rings is 1. The van der Waals surface area contributed by atoms with Crippen LogP contribution >= 0.6 is 0 Å². The van der Waals surface area contributed by atoms with Crippen molar-refractivity contribution in [2.75, 3.05) is 11.1 Å². The van der Waals surface area contributed by atoms with Gasteiger partial charge >= 0.3 is 0 Å². The van der Waals surface area contributed by atoms with Crippen LogP contribution in [0.5, 0.6) is 5.75 Å². The summed E-state index contributed by atoms with van der Waals surface area (Å²) in [6.45, 7) is 0. The summed E-state index contributed by atoms with van der Waals surface area (Å²) in [7, 11) is 0. The number of phenols is 1. The summed E-state index contributed by atoms with van der Waals surface area (Å²) in [5.74, 6) is 0.239. The number of hydrogen-bond donors (Lipinski definition) is 3. The van der Waals surface area contributed by atoms with E-state index in [0.29, 0.717) is 5.69 Å². The van der Waals surface area contributed by atoms with Crippen molar-refractivity contribution < 1.29 is 5.11 Å². The predicted molar refractivity (Wildman–Crippen MR) is 60.0 cm³/mol. The van der Waals surface area contributed by atoms with Crippen LogP contribution in [0.1, 0.15) is 0 Å². The van der Waals surface area contributed by atoms with Gasteiger partial charge in [0, 0.05) is 11.9 Å². The second kappa shape index (κ2) is 3.88. The molecule has 0 amide bonds. The van der Waals surface area contributed by atoms with Crippen LogP contribution in [-0.4, -0.2) is 10.1 Å². The third-order valence-electron chi connectivity index (χ3n) is 2.00. The van der Waals surface area contributed by atoms with Crippen LogP contribution in [0.3, 0.4) is 0 Å². The summed E-state index contributed by atoms with van der Waals surface area (Å²) < 4.78 is 0. The van der Waals surface area contributed by atoms with Crippen molar-refractivity contribution in [1.82, 2.24) is 4.98 Å². The molecule has 0 saturated carbocycles. The number of nitrogen functional groups attached to an aromatic ring is 1. The maximum atomic E-state index is 9.11. The van der Waals surface area contributed by atoms with E-state index in [9.17, 15) is 0 Å². The number of rotatable bonds is 2. The molecule has 76 valence electrons. The molecule has 0 bridgehead atoms. The van der Waals surface area contributed by atoms with Crippen molar-refractivity contribution in [2.45, 2.75) is 0 Å². The van der Waals surface area contributed by atoms with Crippen molar-refractivity contribution in [3.05, 3.63) is 42.7 Å². The molecule has 0 radical (unpaired) electrons. The summed E-state index contributed by atoms with van der Waals surface area (Å²) in [6, 6.07) is 8.56. The first-order valence-electron chi connectivity index (χ1n) is 4.51. The van der Waals surface area contributed by atoms with Crippen molar-refractivity contribution in [1.29, 1.82) is 0 Å². The van der Waals surface area contributed by atoms with Gasteiger partial charge in [-0.05, 0) is 30.3 Å². The summed E-state index contributed by atoms with van der Waals surface area (Å²) in [5.41, 5.74) is 7.98. The fourth-order valence-electron chi connectivity index (χ4n) is 1.22. The van der Waals surface area contributed by atoms with Crippen LogP contribution in [-0.2, 0) is 0 Å². The fraction of sp³-hybridized carbons (Fsp3) is 0. The maximum Gasteiger partial charge on any atom is 0.115 e. The molecule has 2 rings (SSSR count). The minimum Gasteiger partial charge on any atom is -0.508 e. The van der Waals surface area contributed by atoms with Crippen molar-refractivity contribution in [3.63, 3.8) is 0 Å². The molecule has 4 nitrogen and oxygen atoms in total. The van der Waals surface area contributed by atoms with Gasteiger partial charge in [-0.15, -0.1) is 0 Å². The Morgan fingerprint density at radius 3 is 2.53 bits per heavy atom. The molecular weight excluding hydrogens is 190 g/mol. The van der Waals surface area contributed by atoms with Gasteiger partial charge in [0.2, 0.25) is 0 Å². The average Bonchev–Trinajstić information content (AvgIpc) is 2.25. The zero-order chi connectivity index (χ0) is 10.7. The molecule has 1 aromatic heterocycles. The van der Waals surface area contributed by atoms with Crippen molar-refractivity contribution in [2.24, 2.45) is 0 Å². The summed E-state index contributed by atoms with van der Waals surface area (Å²) in [5, 5.41) is 12.2. The lowest BCUT2D eigenvalue weighted by Gasteiger charge is -2.08. The van der Waals surface area contributed by atoms with Crippen LogP contribution in [0.4, 0.5) is 17.1 Å². The molecule has 2 aromatic rings. The molecule has 0 aliphatic heterocycles. The van der Waals surface area contributed by atoms with Gasteiger partial charge in [0.15, 0.2) is 0 Å². The van der Waals surface area contributed by atoms with E-state index in [1.54, 1.807) is 42.7 Å². The first kappa shape index (κ1) is 9.33. The molecule has 0 unspecified atom stereocenters. The van der Waals surface area contributed by atoms with E-state index in [4.69, 9.17) is 10.8 Å². The highest BCUT2D eigenvalue weighted by Crippen LogP contribution is 2.22. The zero-order valence-electron chi connectivity index (χ0n) is 8.01. The maximum absolute atomic E-state index is 9.11. The lowest BCUT2D eigenvalue weighted by atomic mass is 10.2. The Bertz CT molecular complexity index is 454. The van der Waals surface area contributed by atoms with E-state index >= 15 is 0 Å². The highest BCUT2D eigenvalue weighted by atomic mass is 16.3. The molecule has 0 fully saturated rings. The van der Waals surface area contributed by atoms with Crippen LogP contribution in [0, 0.1) is 0 Å². The van der Waals surface area contributed by atoms with Gasteiger partial charge in [0.1, 0.15) is 5.75 Å². The largest absolute Gasteiger partial charge is 0.508 e. The lowest BCUT2D eigenvalue weighted by molar-refractivity contribution is 0.475. The molecule has 0 aliphatic carbocycles. The van der Waals surface area contributed by atoms with Gasteiger partial charge in [0.25, 0.3) is 0 Å². The standard InChI is InChI=1S/C11H11N3O/c12-10-7-13-6-5-11(10)14-8-1-3-9(15)4-2-8/h1-7,15H,12H2,(H,13,14). The Labute approximate surface area is 87.4 Å². The third kappa shape index (κ3) is 2.17. The Kier molecular flexibility index (Phi) is 2.41. The van der Waals surface area contributed by atoms with E-state index in [-0.39, 0.29) is 5.75 Å². The smallest absolute Gasteiger partial charge is 0.115 e. The lowest BCUT2D eigenvalue weighted by Crippen LogP contribution is -1.96. The van der Waals surface area contributed by atoms with Crippen LogP contribution in [0.15, 0.2) is 42.7 Å². The third-order valence-corrected chi connectivity index (χ3v) is 2.00.